The first-order chi connectivity index (χ1) is 15.0. The lowest BCUT2D eigenvalue weighted by Crippen LogP contribution is -2.65. The van der Waals surface area contributed by atoms with E-state index in [2.05, 4.69) is 25.0 Å². The van der Waals surface area contributed by atoms with Crippen molar-refractivity contribution < 1.29 is 9.32 Å². The van der Waals surface area contributed by atoms with E-state index in [1.165, 1.54) is 0 Å². The molecular formula is C22H25N7O2. The monoisotopic (exact) mass is 419 g/mol. The van der Waals surface area contributed by atoms with E-state index in [1.807, 2.05) is 54.2 Å². The van der Waals surface area contributed by atoms with Crippen molar-refractivity contribution in [1.29, 1.82) is 0 Å². The Morgan fingerprint density at radius 1 is 1.19 bits per heavy atom. The highest BCUT2D eigenvalue weighted by Gasteiger charge is 2.45. The number of rotatable bonds is 4. The molecule has 0 radical (unpaired) electrons. The molecule has 2 aliphatic heterocycles. The van der Waals surface area contributed by atoms with Crippen LogP contribution < -0.4 is 9.80 Å². The van der Waals surface area contributed by atoms with Gasteiger partial charge in [-0.25, -0.2) is 9.97 Å². The number of hydrogen-bond donors (Lipinski definition) is 0. The van der Waals surface area contributed by atoms with E-state index in [0.717, 1.165) is 37.7 Å². The van der Waals surface area contributed by atoms with Gasteiger partial charge in [-0.3, -0.25) is 4.79 Å². The van der Waals surface area contributed by atoms with Crippen LogP contribution in [-0.2, 0) is 0 Å². The average molecular weight is 419 g/mol. The van der Waals surface area contributed by atoms with Gasteiger partial charge < -0.3 is 19.2 Å². The molecule has 1 aromatic carbocycles. The van der Waals surface area contributed by atoms with Crippen molar-refractivity contribution in [1.82, 2.24) is 25.0 Å². The van der Waals surface area contributed by atoms with Crippen LogP contribution in [0.1, 0.15) is 22.6 Å². The summed E-state index contributed by atoms with van der Waals surface area (Å²) in [5.41, 5.74) is 1.27. The zero-order chi connectivity index (χ0) is 21.5. The predicted octanol–water partition coefficient (Wildman–Crippen LogP) is 2.25. The molecule has 2 fully saturated rings. The topological polar surface area (TPSA) is 91.5 Å². The maximum absolute atomic E-state index is 13.5. The summed E-state index contributed by atoms with van der Waals surface area (Å²) in [6.45, 7) is 4.25. The Morgan fingerprint density at radius 3 is 2.81 bits per heavy atom. The van der Waals surface area contributed by atoms with Crippen LogP contribution in [0, 0.1) is 12.8 Å². The molecule has 0 aliphatic carbocycles. The molecule has 3 aromatic rings. The number of nitrogens with zero attached hydrogens (tertiary/aromatic N) is 7. The summed E-state index contributed by atoms with van der Waals surface area (Å²) < 4.78 is 5.33. The van der Waals surface area contributed by atoms with Crippen molar-refractivity contribution in [2.75, 3.05) is 43.5 Å². The molecule has 9 nitrogen and oxygen atoms in total. The van der Waals surface area contributed by atoms with Gasteiger partial charge >= 0.3 is 0 Å². The lowest BCUT2D eigenvalue weighted by Gasteiger charge is -2.53. The summed E-state index contributed by atoms with van der Waals surface area (Å²) >= 11 is 0. The standard InChI is InChI=1S/C22H25N7O2/c1-14-25-21(31-26-14)16-6-4-5-7-17(16)22(30)29-11-15-8-9-28(12-18(15)29)20-10-19(27(2)3)23-13-24-20/h4-7,10,13,15,18H,8-9,11-12H2,1-3H3. The number of benzene rings is 1. The van der Waals surface area contributed by atoms with Gasteiger partial charge in [-0.1, -0.05) is 17.3 Å². The molecule has 0 N–H and O–H groups in total. The van der Waals surface area contributed by atoms with Gasteiger partial charge in [-0.2, -0.15) is 4.98 Å². The Bertz CT molecular complexity index is 1110. The molecule has 4 heterocycles. The normalized spacial score (nSPS) is 20.2. The van der Waals surface area contributed by atoms with Crippen molar-refractivity contribution in [2.24, 2.45) is 5.92 Å². The van der Waals surface area contributed by atoms with Crippen molar-refractivity contribution in [3.8, 4) is 11.5 Å². The van der Waals surface area contributed by atoms with Crippen LogP contribution >= 0.6 is 0 Å². The minimum atomic E-state index is 0.00576. The zero-order valence-electron chi connectivity index (χ0n) is 17.9. The minimum Gasteiger partial charge on any atom is -0.363 e. The van der Waals surface area contributed by atoms with E-state index in [0.29, 0.717) is 28.8 Å². The third-order valence-electron chi connectivity index (χ3n) is 6.15. The summed E-state index contributed by atoms with van der Waals surface area (Å²) in [5.74, 6) is 3.22. The van der Waals surface area contributed by atoms with E-state index < -0.39 is 0 Å². The minimum absolute atomic E-state index is 0.00576. The molecule has 31 heavy (non-hydrogen) atoms. The van der Waals surface area contributed by atoms with E-state index in [4.69, 9.17) is 4.52 Å². The number of piperidine rings is 1. The Hall–Kier alpha value is -3.49. The van der Waals surface area contributed by atoms with E-state index >= 15 is 0 Å². The molecule has 2 aliphatic rings. The molecule has 9 heteroatoms. The lowest BCUT2D eigenvalue weighted by molar-refractivity contribution is 0.00785. The molecule has 160 valence electrons. The van der Waals surface area contributed by atoms with Crippen LogP contribution in [-0.4, -0.2) is 70.7 Å². The summed E-state index contributed by atoms with van der Waals surface area (Å²) in [7, 11) is 3.93. The average Bonchev–Trinajstić information content (AvgIpc) is 3.20. The van der Waals surface area contributed by atoms with Crippen molar-refractivity contribution in [3.63, 3.8) is 0 Å². The number of amides is 1. The van der Waals surface area contributed by atoms with Gasteiger partial charge in [0.2, 0.25) is 0 Å². The van der Waals surface area contributed by atoms with Gasteiger partial charge in [0.15, 0.2) is 5.82 Å². The summed E-state index contributed by atoms with van der Waals surface area (Å²) in [5, 5.41) is 3.87. The number of likely N-dealkylation sites (tertiary alicyclic amines) is 1. The number of carbonyl (C=O) groups is 1. The van der Waals surface area contributed by atoms with E-state index in [-0.39, 0.29) is 11.9 Å². The van der Waals surface area contributed by atoms with Gasteiger partial charge in [-0.15, -0.1) is 0 Å². The highest BCUT2D eigenvalue weighted by atomic mass is 16.5. The van der Waals surface area contributed by atoms with Crippen LogP contribution in [0.25, 0.3) is 11.5 Å². The highest BCUT2D eigenvalue weighted by Crippen LogP contribution is 2.36. The van der Waals surface area contributed by atoms with Gasteiger partial charge in [0, 0.05) is 45.7 Å². The second-order valence-corrected chi connectivity index (χ2v) is 8.34. The van der Waals surface area contributed by atoms with Crippen molar-refractivity contribution in [3.05, 3.63) is 48.0 Å². The van der Waals surface area contributed by atoms with Crippen LogP contribution in [0.15, 0.2) is 41.2 Å². The molecule has 2 aromatic heterocycles. The maximum Gasteiger partial charge on any atom is 0.258 e. The number of fused-ring (bicyclic) bond motifs is 1. The quantitative estimate of drug-likeness (QED) is 0.636. The molecule has 2 atom stereocenters. The number of carbonyl (C=O) groups excluding carboxylic acids is 1. The number of aryl methyl sites for hydroxylation is 1. The van der Waals surface area contributed by atoms with Crippen molar-refractivity contribution >= 4 is 17.5 Å². The number of anilines is 2. The summed E-state index contributed by atoms with van der Waals surface area (Å²) in [6, 6.07) is 9.60. The first-order valence-corrected chi connectivity index (χ1v) is 10.5. The smallest absolute Gasteiger partial charge is 0.258 e. The Kier molecular flexibility index (Phi) is 4.80. The fraction of sp³-hybridized carbons (Fsp3) is 0.409. The molecule has 0 saturated carbocycles. The van der Waals surface area contributed by atoms with Crippen molar-refractivity contribution in [2.45, 2.75) is 19.4 Å². The predicted molar refractivity (Wildman–Crippen MR) is 116 cm³/mol. The first kappa shape index (κ1) is 19.5. The van der Waals surface area contributed by atoms with Gasteiger partial charge in [-0.05, 0) is 25.5 Å². The fourth-order valence-electron chi connectivity index (χ4n) is 4.41. The molecule has 5 rings (SSSR count). The third kappa shape index (κ3) is 3.49. The molecule has 1 amide bonds. The van der Waals surface area contributed by atoms with Crippen LogP contribution in [0.4, 0.5) is 11.6 Å². The Morgan fingerprint density at radius 2 is 2.03 bits per heavy atom. The van der Waals surface area contributed by atoms with E-state index in [9.17, 15) is 4.79 Å². The first-order valence-electron chi connectivity index (χ1n) is 10.5. The van der Waals surface area contributed by atoms with Gasteiger partial charge in [0.25, 0.3) is 11.8 Å². The number of hydrogen-bond acceptors (Lipinski definition) is 8. The van der Waals surface area contributed by atoms with E-state index in [1.54, 1.807) is 13.3 Å². The van der Waals surface area contributed by atoms with Gasteiger partial charge in [0.1, 0.15) is 18.0 Å². The molecule has 2 saturated heterocycles. The van der Waals surface area contributed by atoms with Crippen LogP contribution in [0.5, 0.6) is 0 Å². The fourth-order valence-corrected chi connectivity index (χ4v) is 4.41. The molecule has 0 bridgehead atoms. The second kappa shape index (κ2) is 7.64. The summed E-state index contributed by atoms with van der Waals surface area (Å²) in [6.07, 6.45) is 2.64. The largest absolute Gasteiger partial charge is 0.363 e. The maximum atomic E-state index is 13.5. The molecular weight excluding hydrogens is 394 g/mol. The Labute approximate surface area is 180 Å². The highest BCUT2D eigenvalue weighted by molar-refractivity contribution is 6.00. The SMILES string of the molecule is Cc1noc(-c2ccccc2C(=O)N2CC3CCN(c4cc(N(C)C)ncn4)CC32)n1. The second-order valence-electron chi connectivity index (χ2n) is 8.34. The van der Waals surface area contributed by atoms with Crippen LogP contribution in [0.3, 0.4) is 0 Å². The van der Waals surface area contributed by atoms with Crippen LogP contribution in [0.2, 0.25) is 0 Å². The van der Waals surface area contributed by atoms with Gasteiger partial charge in [0.05, 0.1) is 17.2 Å². The lowest BCUT2D eigenvalue weighted by atomic mass is 9.81. The molecule has 0 spiro atoms. The zero-order valence-corrected chi connectivity index (χ0v) is 17.9. The third-order valence-corrected chi connectivity index (χ3v) is 6.15. The number of aromatic nitrogens is 4. The summed E-state index contributed by atoms with van der Waals surface area (Å²) in [4.78, 5) is 32.7. The molecule has 2 unspecified atom stereocenters. The Balaban J connectivity index is 1.37.